The Labute approximate surface area is 202 Å². The number of hydrogen-bond acceptors (Lipinski definition) is 6. The van der Waals surface area contributed by atoms with Crippen LogP contribution in [0, 0.1) is 12.8 Å². The number of aryl methyl sites for hydroxylation is 1. The van der Waals surface area contributed by atoms with Gasteiger partial charge in [0.1, 0.15) is 0 Å². The van der Waals surface area contributed by atoms with Gasteiger partial charge in [0.25, 0.3) is 11.8 Å². The number of carboxylic acids is 1. The Morgan fingerprint density at radius 3 is 2.51 bits per heavy atom. The van der Waals surface area contributed by atoms with Crippen molar-refractivity contribution in [3.63, 3.8) is 0 Å². The van der Waals surface area contributed by atoms with E-state index in [4.69, 9.17) is 14.6 Å². The third-order valence-electron chi connectivity index (χ3n) is 5.96. The van der Waals surface area contributed by atoms with Crippen molar-refractivity contribution in [2.24, 2.45) is 5.92 Å². The molecule has 9 nitrogen and oxygen atoms in total. The van der Waals surface area contributed by atoms with Crippen LogP contribution in [0.15, 0.2) is 48.5 Å². The van der Waals surface area contributed by atoms with Gasteiger partial charge in [0, 0.05) is 31.4 Å². The van der Waals surface area contributed by atoms with Gasteiger partial charge < -0.3 is 25.2 Å². The molecule has 0 bridgehead atoms. The van der Waals surface area contributed by atoms with Crippen LogP contribution in [0.25, 0.3) is 10.8 Å². The standard InChI is InChI=1S/C26H27N3O6/c1-16-6-7-20(19-5-3-2-4-18(16)19)25(32)28-21-8-9-22(35-15-23(30)31)29-24(21)26(33)27-14-17-10-12-34-13-11-17/h2-9,17H,10-15H2,1H3,(H,27,33)(H,28,32)(H,30,31). The predicted molar refractivity (Wildman–Crippen MR) is 130 cm³/mol. The van der Waals surface area contributed by atoms with E-state index in [0.29, 0.717) is 25.3 Å². The van der Waals surface area contributed by atoms with Crippen LogP contribution in [-0.4, -0.2) is 54.2 Å². The van der Waals surface area contributed by atoms with Crippen LogP contribution < -0.4 is 15.4 Å². The molecule has 1 aliphatic rings. The Kier molecular flexibility index (Phi) is 7.57. The highest BCUT2D eigenvalue weighted by atomic mass is 16.5. The summed E-state index contributed by atoms with van der Waals surface area (Å²) in [7, 11) is 0. The molecule has 0 atom stereocenters. The summed E-state index contributed by atoms with van der Waals surface area (Å²) in [6.45, 7) is 3.13. The molecule has 182 valence electrons. The molecule has 1 aromatic heterocycles. The van der Waals surface area contributed by atoms with Crippen molar-refractivity contribution in [3.8, 4) is 5.88 Å². The highest BCUT2D eigenvalue weighted by Gasteiger charge is 2.21. The maximum atomic E-state index is 13.2. The fraction of sp³-hybridized carbons (Fsp3) is 0.308. The second-order valence-electron chi connectivity index (χ2n) is 8.42. The quantitative estimate of drug-likeness (QED) is 0.454. The van der Waals surface area contributed by atoms with Crippen molar-refractivity contribution in [3.05, 3.63) is 65.4 Å². The van der Waals surface area contributed by atoms with E-state index in [1.807, 2.05) is 37.3 Å². The van der Waals surface area contributed by atoms with Gasteiger partial charge in [0.15, 0.2) is 12.3 Å². The first kappa shape index (κ1) is 24.2. The summed E-state index contributed by atoms with van der Waals surface area (Å²) in [5.41, 5.74) is 1.66. The Balaban J connectivity index is 1.59. The molecule has 3 N–H and O–H groups in total. The number of nitrogens with one attached hydrogen (secondary N) is 2. The molecule has 0 saturated carbocycles. The highest BCUT2D eigenvalue weighted by Crippen LogP contribution is 2.25. The lowest BCUT2D eigenvalue weighted by Gasteiger charge is -2.22. The molecule has 35 heavy (non-hydrogen) atoms. The molecular weight excluding hydrogens is 450 g/mol. The Bertz CT molecular complexity index is 1250. The Morgan fingerprint density at radius 1 is 1.03 bits per heavy atom. The van der Waals surface area contributed by atoms with Crippen molar-refractivity contribution in [1.82, 2.24) is 10.3 Å². The molecule has 1 aliphatic heterocycles. The number of rotatable bonds is 8. The smallest absolute Gasteiger partial charge is 0.341 e. The van der Waals surface area contributed by atoms with E-state index in [-0.39, 0.29) is 29.1 Å². The molecule has 2 amide bonds. The molecule has 2 aromatic carbocycles. The van der Waals surface area contributed by atoms with Gasteiger partial charge in [-0.1, -0.05) is 30.3 Å². The first-order chi connectivity index (χ1) is 16.9. The number of fused-ring (bicyclic) bond motifs is 1. The number of pyridine rings is 1. The molecule has 3 aromatic rings. The predicted octanol–water partition coefficient (Wildman–Crippen LogP) is 3.42. The van der Waals surface area contributed by atoms with Gasteiger partial charge in [-0.25, -0.2) is 9.78 Å². The van der Waals surface area contributed by atoms with Crippen LogP contribution >= 0.6 is 0 Å². The number of anilines is 1. The second-order valence-corrected chi connectivity index (χ2v) is 8.42. The number of nitrogens with zero attached hydrogens (tertiary/aromatic N) is 1. The molecule has 4 rings (SSSR count). The van der Waals surface area contributed by atoms with Crippen LogP contribution in [0.3, 0.4) is 0 Å². The van der Waals surface area contributed by atoms with E-state index in [0.717, 1.165) is 29.2 Å². The van der Waals surface area contributed by atoms with Crippen LogP contribution in [-0.2, 0) is 9.53 Å². The normalized spacial score (nSPS) is 13.9. The van der Waals surface area contributed by atoms with Crippen LogP contribution in [0.1, 0.15) is 39.3 Å². The van der Waals surface area contributed by atoms with E-state index in [2.05, 4.69) is 15.6 Å². The summed E-state index contributed by atoms with van der Waals surface area (Å²) >= 11 is 0. The summed E-state index contributed by atoms with van der Waals surface area (Å²) in [5, 5.41) is 16.3. The molecule has 2 heterocycles. The molecule has 0 unspecified atom stereocenters. The molecule has 0 radical (unpaired) electrons. The summed E-state index contributed by atoms with van der Waals surface area (Å²) in [5.74, 6) is -1.78. The number of carbonyl (C=O) groups excluding carboxylic acids is 2. The Morgan fingerprint density at radius 2 is 1.77 bits per heavy atom. The fourth-order valence-electron chi connectivity index (χ4n) is 4.04. The largest absolute Gasteiger partial charge is 0.479 e. The lowest BCUT2D eigenvalue weighted by Crippen LogP contribution is -2.33. The number of aromatic nitrogens is 1. The van der Waals surface area contributed by atoms with Crippen LogP contribution in [0.5, 0.6) is 5.88 Å². The third-order valence-corrected chi connectivity index (χ3v) is 5.96. The maximum absolute atomic E-state index is 13.2. The molecule has 1 saturated heterocycles. The van der Waals surface area contributed by atoms with E-state index in [9.17, 15) is 14.4 Å². The van der Waals surface area contributed by atoms with Gasteiger partial charge in [-0.3, -0.25) is 9.59 Å². The zero-order valence-electron chi connectivity index (χ0n) is 19.4. The van der Waals surface area contributed by atoms with Crippen molar-refractivity contribution in [1.29, 1.82) is 0 Å². The minimum atomic E-state index is -1.17. The number of carbonyl (C=O) groups is 3. The van der Waals surface area contributed by atoms with Gasteiger partial charge in [0.2, 0.25) is 5.88 Å². The van der Waals surface area contributed by atoms with E-state index in [1.54, 1.807) is 6.07 Å². The van der Waals surface area contributed by atoms with Gasteiger partial charge in [-0.15, -0.1) is 0 Å². The molecular formula is C26H27N3O6. The lowest BCUT2D eigenvalue weighted by atomic mass is 10.00. The molecule has 0 spiro atoms. The maximum Gasteiger partial charge on any atom is 0.341 e. The first-order valence-electron chi connectivity index (χ1n) is 11.4. The van der Waals surface area contributed by atoms with Crippen LogP contribution in [0.2, 0.25) is 0 Å². The zero-order valence-corrected chi connectivity index (χ0v) is 19.4. The van der Waals surface area contributed by atoms with Crippen molar-refractivity contribution in [2.75, 3.05) is 31.7 Å². The van der Waals surface area contributed by atoms with E-state index < -0.39 is 18.5 Å². The summed E-state index contributed by atoms with van der Waals surface area (Å²) in [6, 6.07) is 14.1. The molecule has 0 aliphatic carbocycles. The molecule has 1 fully saturated rings. The van der Waals surface area contributed by atoms with Gasteiger partial charge in [0.05, 0.1) is 5.69 Å². The monoisotopic (exact) mass is 477 g/mol. The average molecular weight is 478 g/mol. The summed E-state index contributed by atoms with van der Waals surface area (Å²) in [6.07, 6.45) is 1.69. The highest BCUT2D eigenvalue weighted by molar-refractivity contribution is 6.15. The average Bonchev–Trinajstić information content (AvgIpc) is 2.87. The lowest BCUT2D eigenvalue weighted by molar-refractivity contribution is -0.139. The third kappa shape index (κ3) is 5.93. The summed E-state index contributed by atoms with van der Waals surface area (Å²) < 4.78 is 10.5. The minimum absolute atomic E-state index is 0.0256. The number of hydrogen-bond donors (Lipinski definition) is 3. The number of aliphatic carboxylic acids is 1. The molecule has 9 heteroatoms. The number of amides is 2. The van der Waals surface area contributed by atoms with Gasteiger partial charge in [-0.2, -0.15) is 0 Å². The Hall–Kier alpha value is -3.98. The fourth-order valence-corrected chi connectivity index (χ4v) is 4.04. The second kappa shape index (κ2) is 11.0. The topological polar surface area (TPSA) is 127 Å². The minimum Gasteiger partial charge on any atom is -0.479 e. The summed E-state index contributed by atoms with van der Waals surface area (Å²) in [4.78, 5) is 41.3. The number of ether oxygens (including phenoxy) is 2. The van der Waals surface area contributed by atoms with Crippen molar-refractivity contribution >= 4 is 34.2 Å². The van der Waals surface area contributed by atoms with Gasteiger partial charge in [-0.05, 0) is 54.2 Å². The first-order valence-corrected chi connectivity index (χ1v) is 11.4. The number of carboxylic acid groups (broad SMARTS) is 1. The zero-order chi connectivity index (χ0) is 24.8. The van der Waals surface area contributed by atoms with Gasteiger partial charge >= 0.3 is 5.97 Å². The SMILES string of the molecule is Cc1ccc(C(=O)Nc2ccc(OCC(=O)O)nc2C(=O)NCC2CCOCC2)c2ccccc12. The van der Waals surface area contributed by atoms with Crippen LogP contribution in [0.4, 0.5) is 5.69 Å². The number of benzene rings is 2. The van der Waals surface area contributed by atoms with E-state index in [1.165, 1.54) is 12.1 Å². The van der Waals surface area contributed by atoms with Crippen molar-refractivity contribution in [2.45, 2.75) is 19.8 Å². The van der Waals surface area contributed by atoms with Crippen molar-refractivity contribution < 1.29 is 29.0 Å². The van der Waals surface area contributed by atoms with E-state index >= 15 is 0 Å².